The van der Waals surface area contributed by atoms with E-state index in [1.54, 1.807) is 17.4 Å². The van der Waals surface area contributed by atoms with Crippen LogP contribution in [0.25, 0.3) is 11.3 Å². The highest BCUT2D eigenvalue weighted by molar-refractivity contribution is 9.10. The fourth-order valence-corrected chi connectivity index (χ4v) is 4.30. The smallest absolute Gasteiger partial charge is 0.124 e. The summed E-state index contributed by atoms with van der Waals surface area (Å²) in [5.41, 5.74) is 7.77. The highest BCUT2D eigenvalue weighted by Gasteiger charge is 2.21. The summed E-state index contributed by atoms with van der Waals surface area (Å²) in [5, 5.41) is 1.85. The Labute approximate surface area is 130 Å². The van der Waals surface area contributed by atoms with Gasteiger partial charge in [-0.3, -0.25) is 0 Å². The lowest BCUT2D eigenvalue weighted by Crippen LogP contribution is -2.03. The van der Waals surface area contributed by atoms with Crippen LogP contribution in [0.1, 0.15) is 43.0 Å². The molecule has 2 nitrogen and oxygen atoms in total. The van der Waals surface area contributed by atoms with Crippen LogP contribution in [0.15, 0.2) is 22.7 Å². The summed E-state index contributed by atoms with van der Waals surface area (Å²) in [4.78, 5) is 4.74. The van der Waals surface area contributed by atoms with Gasteiger partial charge >= 0.3 is 0 Å². The van der Waals surface area contributed by atoms with E-state index in [1.165, 1.54) is 44.2 Å². The first kappa shape index (κ1) is 14.0. The topological polar surface area (TPSA) is 38.9 Å². The molecule has 2 aromatic rings. The summed E-state index contributed by atoms with van der Waals surface area (Å²) >= 11 is 4.97. The lowest BCUT2D eigenvalue weighted by Gasteiger charge is -2.18. The third kappa shape index (κ3) is 2.74. The van der Waals surface area contributed by atoms with Gasteiger partial charge in [-0.1, -0.05) is 19.3 Å². The maximum atomic E-state index is 13.2. The predicted octanol–water partition coefficient (Wildman–Crippen LogP) is 5.34. The second-order valence-electron chi connectivity index (χ2n) is 5.22. The summed E-state index contributed by atoms with van der Waals surface area (Å²) in [5.74, 6) is 0.283. The molecule has 1 heterocycles. The first-order valence-corrected chi connectivity index (χ1v) is 8.47. The largest absolute Gasteiger partial charge is 0.389 e. The summed E-state index contributed by atoms with van der Waals surface area (Å²) in [6, 6.07) is 4.63. The molecule has 2 N–H and O–H groups in total. The number of hydrogen-bond donors (Lipinski definition) is 1. The van der Waals surface area contributed by atoms with E-state index in [0.717, 1.165) is 21.3 Å². The highest BCUT2D eigenvalue weighted by atomic mass is 79.9. The second kappa shape index (κ2) is 5.82. The summed E-state index contributed by atoms with van der Waals surface area (Å²) in [6.07, 6.45) is 6.29. The Hall–Kier alpha value is -0.940. The van der Waals surface area contributed by atoms with Gasteiger partial charge in [-0.2, -0.15) is 0 Å². The van der Waals surface area contributed by atoms with Crippen molar-refractivity contribution < 1.29 is 4.39 Å². The third-order valence-electron chi connectivity index (χ3n) is 3.81. The normalized spacial score (nSPS) is 16.5. The molecule has 106 valence electrons. The maximum Gasteiger partial charge on any atom is 0.124 e. The second-order valence-corrected chi connectivity index (χ2v) is 7.14. The number of halogens is 2. The van der Waals surface area contributed by atoms with E-state index < -0.39 is 0 Å². The van der Waals surface area contributed by atoms with Crippen molar-refractivity contribution in [2.75, 3.05) is 5.73 Å². The minimum atomic E-state index is -0.262. The fourth-order valence-electron chi connectivity index (χ4n) is 2.75. The number of thiazole rings is 1. The molecule has 1 aliphatic carbocycles. The van der Waals surface area contributed by atoms with E-state index in [0.29, 0.717) is 10.4 Å². The minimum absolute atomic E-state index is 0.262. The lowest BCUT2D eigenvalue weighted by atomic mass is 9.90. The number of nitrogens with zero attached hydrogens (tertiary/aromatic N) is 1. The van der Waals surface area contributed by atoms with Crippen LogP contribution < -0.4 is 5.73 Å². The number of benzene rings is 1. The Morgan fingerprint density at radius 2 is 2.00 bits per heavy atom. The van der Waals surface area contributed by atoms with Gasteiger partial charge in [0.15, 0.2) is 0 Å². The number of anilines is 1. The molecule has 1 aliphatic rings. The predicted molar refractivity (Wildman–Crippen MR) is 85.4 cm³/mol. The molecular formula is C15H16BrFN2S. The van der Waals surface area contributed by atoms with Gasteiger partial charge in [-0.15, -0.1) is 11.3 Å². The van der Waals surface area contributed by atoms with Crippen LogP contribution in [0.5, 0.6) is 0 Å². The van der Waals surface area contributed by atoms with E-state index in [-0.39, 0.29) is 5.82 Å². The average molecular weight is 355 g/mol. The first-order chi connectivity index (χ1) is 9.65. The number of rotatable bonds is 2. The Balaban J connectivity index is 1.95. The van der Waals surface area contributed by atoms with E-state index >= 15 is 0 Å². The SMILES string of the molecule is Nc1sc(C2CCCCC2)nc1-c1ccc(F)cc1Br. The van der Waals surface area contributed by atoms with Crippen molar-refractivity contribution in [3.63, 3.8) is 0 Å². The van der Waals surface area contributed by atoms with Crippen molar-refractivity contribution in [1.82, 2.24) is 4.98 Å². The Morgan fingerprint density at radius 3 is 2.70 bits per heavy atom. The van der Waals surface area contributed by atoms with Crippen molar-refractivity contribution in [2.45, 2.75) is 38.0 Å². The highest BCUT2D eigenvalue weighted by Crippen LogP contribution is 2.41. The molecule has 20 heavy (non-hydrogen) atoms. The van der Waals surface area contributed by atoms with Crippen LogP contribution in [0.3, 0.4) is 0 Å². The molecule has 5 heteroatoms. The van der Waals surface area contributed by atoms with Crippen LogP contribution in [0, 0.1) is 5.82 Å². The third-order valence-corrected chi connectivity index (χ3v) is 5.51. The summed E-state index contributed by atoms with van der Waals surface area (Å²) < 4.78 is 13.9. The maximum absolute atomic E-state index is 13.2. The molecule has 0 bridgehead atoms. The molecule has 0 amide bonds. The molecule has 0 saturated heterocycles. The zero-order valence-electron chi connectivity index (χ0n) is 11.0. The summed E-state index contributed by atoms with van der Waals surface area (Å²) in [7, 11) is 0. The van der Waals surface area contributed by atoms with E-state index in [2.05, 4.69) is 15.9 Å². The Kier molecular flexibility index (Phi) is 4.08. The van der Waals surface area contributed by atoms with Gasteiger partial charge in [-0.25, -0.2) is 9.37 Å². The lowest BCUT2D eigenvalue weighted by molar-refractivity contribution is 0.442. The number of hydrogen-bond acceptors (Lipinski definition) is 3. The molecule has 0 unspecified atom stereocenters. The van der Waals surface area contributed by atoms with Crippen molar-refractivity contribution >= 4 is 32.3 Å². The van der Waals surface area contributed by atoms with Crippen molar-refractivity contribution in [3.05, 3.63) is 33.5 Å². The molecule has 1 fully saturated rings. The van der Waals surface area contributed by atoms with Crippen molar-refractivity contribution in [1.29, 1.82) is 0 Å². The molecule has 1 aromatic carbocycles. The van der Waals surface area contributed by atoms with Crippen LogP contribution in [-0.2, 0) is 0 Å². The van der Waals surface area contributed by atoms with Gasteiger partial charge in [0.2, 0.25) is 0 Å². The Bertz CT molecular complexity index is 620. The quantitative estimate of drug-likeness (QED) is 0.790. The standard InChI is InChI=1S/C15H16BrFN2S/c16-12-8-10(17)6-7-11(12)13-14(18)20-15(19-13)9-4-2-1-3-5-9/h6-9H,1-5,18H2. The molecule has 0 spiro atoms. The monoisotopic (exact) mass is 354 g/mol. The van der Waals surface area contributed by atoms with Gasteiger partial charge in [0.25, 0.3) is 0 Å². The number of aromatic nitrogens is 1. The molecule has 0 radical (unpaired) electrons. The van der Waals surface area contributed by atoms with E-state index in [1.807, 2.05) is 0 Å². The zero-order valence-corrected chi connectivity index (χ0v) is 13.4. The van der Waals surface area contributed by atoms with Crippen LogP contribution >= 0.6 is 27.3 Å². The van der Waals surface area contributed by atoms with E-state index in [9.17, 15) is 4.39 Å². The number of nitrogens with two attached hydrogens (primary N) is 1. The Morgan fingerprint density at radius 1 is 1.25 bits per heavy atom. The van der Waals surface area contributed by atoms with Gasteiger partial charge < -0.3 is 5.73 Å². The van der Waals surface area contributed by atoms with Crippen LogP contribution in [0.2, 0.25) is 0 Å². The average Bonchev–Trinajstić information content (AvgIpc) is 2.82. The molecule has 0 aliphatic heterocycles. The van der Waals surface area contributed by atoms with Gasteiger partial charge in [-0.05, 0) is 47.0 Å². The van der Waals surface area contributed by atoms with Crippen molar-refractivity contribution in [3.8, 4) is 11.3 Å². The molecular weight excluding hydrogens is 339 g/mol. The van der Waals surface area contributed by atoms with Crippen molar-refractivity contribution in [2.24, 2.45) is 0 Å². The minimum Gasteiger partial charge on any atom is -0.389 e. The molecule has 3 rings (SSSR count). The fraction of sp³-hybridized carbons (Fsp3) is 0.400. The van der Waals surface area contributed by atoms with Crippen LogP contribution in [-0.4, -0.2) is 4.98 Å². The van der Waals surface area contributed by atoms with E-state index in [4.69, 9.17) is 10.7 Å². The molecule has 1 aromatic heterocycles. The number of nitrogen functional groups attached to an aromatic ring is 1. The molecule has 0 atom stereocenters. The van der Waals surface area contributed by atoms with Gasteiger partial charge in [0.1, 0.15) is 16.5 Å². The molecule has 1 saturated carbocycles. The first-order valence-electron chi connectivity index (χ1n) is 6.87. The summed E-state index contributed by atoms with van der Waals surface area (Å²) in [6.45, 7) is 0. The van der Waals surface area contributed by atoms with Gasteiger partial charge in [0.05, 0.1) is 5.01 Å². The van der Waals surface area contributed by atoms with Crippen LogP contribution in [0.4, 0.5) is 9.39 Å². The zero-order chi connectivity index (χ0) is 14.1. The van der Waals surface area contributed by atoms with Gasteiger partial charge in [0, 0.05) is 16.0 Å².